The first-order chi connectivity index (χ1) is 16.3. The molecule has 1 aliphatic heterocycles. The third kappa shape index (κ3) is 4.73. The van der Waals surface area contributed by atoms with Crippen LogP contribution in [0.15, 0.2) is 77.7 Å². The third-order valence-corrected chi connectivity index (χ3v) is 7.81. The molecule has 34 heavy (non-hydrogen) atoms. The molecule has 0 bridgehead atoms. The van der Waals surface area contributed by atoms with Crippen LogP contribution in [0.25, 0.3) is 0 Å². The van der Waals surface area contributed by atoms with Gasteiger partial charge in [-0.2, -0.15) is 4.31 Å². The number of sulfonamides is 1. The number of benzene rings is 3. The Bertz CT molecular complexity index is 1300. The molecule has 1 amide bonds. The molecule has 1 unspecified atom stereocenters. The van der Waals surface area contributed by atoms with Crippen LogP contribution in [0.4, 0.5) is 5.69 Å². The number of ether oxygens (including phenoxy) is 1. The highest BCUT2D eigenvalue weighted by atomic mass is 32.2. The Kier molecular flexibility index (Phi) is 6.81. The van der Waals surface area contributed by atoms with Crippen molar-refractivity contribution < 1.29 is 22.7 Å². The van der Waals surface area contributed by atoms with Crippen LogP contribution in [-0.2, 0) is 14.8 Å². The van der Waals surface area contributed by atoms with Crippen LogP contribution in [0.3, 0.4) is 0 Å². The zero-order valence-corrected chi connectivity index (χ0v) is 19.8. The number of nitrogens with one attached hydrogen (secondary N) is 1. The number of nitrogens with zero attached hydrogens (tertiary/aromatic N) is 1. The molecule has 3 aromatic carbocycles. The normalized spacial score (nSPS) is 16.2. The van der Waals surface area contributed by atoms with Gasteiger partial charge in [0.1, 0.15) is 11.8 Å². The molecule has 0 radical (unpaired) electrons. The number of carbonyl (C=O) groups excluding carboxylic acids is 2. The Labute approximate surface area is 199 Å². The monoisotopic (exact) mass is 478 g/mol. The zero-order chi connectivity index (χ0) is 24.3. The zero-order valence-electron chi connectivity index (χ0n) is 19.0. The lowest BCUT2D eigenvalue weighted by Crippen LogP contribution is -2.43. The topological polar surface area (TPSA) is 92.8 Å². The summed E-state index contributed by atoms with van der Waals surface area (Å²) in [5, 5.41) is 2.82. The summed E-state index contributed by atoms with van der Waals surface area (Å²) < 4.78 is 32.9. The van der Waals surface area contributed by atoms with Crippen LogP contribution in [0, 0.1) is 6.92 Å². The van der Waals surface area contributed by atoms with E-state index < -0.39 is 22.0 Å². The Morgan fingerprint density at radius 2 is 1.71 bits per heavy atom. The molecule has 1 heterocycles. The van der Waals surface area contributed by atoms with Gasteiger partial charge in [0.05, 0.1) is 17.7 Å². The Hall–Kier alpha value is -3.49. The number of hydrogen-bond acceptors (Lipinski definition) is 5. The molecule has 7 nitrogen and oxygen atoms in total. The molecule has 1 N–H and O–H groups in total. The van der Waals surface area contributed by atoms with Gasteiger partial charge in [-0.25, -0.2) is 8.42 Å². The lowest BCUT2D eigenvalue weighted by atomic mass is 9.99. The number of carbonyl (C=O) groups is 2. The predicted octanol–water partition coefficient (Wildman–Crippen LogP) is 4.03. The van der Waals surface area contributed by atoms with E-state index in [1.54, 1.807) is 54.6 Å². The molecule has 0 spiro atoms. The molecule has 0 saturated carbocycles. The summed E-state index contributed by atoms with van der Waals surface area (Å²) in [4.78, 5) is 26.5. The van der Waals surface area contributed by atoms with Gasteiger partial charge in [0.25, 0.3) is 0 Å². The first-order valence-electron chi connectivity index (χ1n) is 11.0. The molecule has 0 aliphatic carbocycles. The molecule has 4 rings (SSSR count). The van der Waals surface area contributed by atoms with E-state index in [1.165, 1.54) is 23.5 Å². The van der Waals surface area contributed by atoms with Gasteiger partial charge in [-0.1, -0.05) is 42.0 Å². The van der Waals surface area contributed by atoms with Crippen molar-refractivity contribution >= 4 is 27.4 Å². The highest BCUT2D eigenvalue weighted by Crippen LogP contribution is 2.29. The van der Waals surface area contributed by atoms with E-state index >= 15 is 0 Å². The first-order valence-corrected chi connectivity index (χ1v) is 12.4. The number of amides is 1. The average molecular weight is 479 g/mol. The van der Waals surface area contributed by atoms with E-state index in [0.717, 1.165) is 5.56 Å². The largest absolute Gasteiger partial charge is 0.497 e. The van der Waals surface area contributed by atoms with Gasteiger partial charge in [-0.05, 0) is 56.2 Å². The quantitative estimate of drug-likeness (QED) is 0.518. The van der Waals surface area contributed by atoms with Crippen molar-refractivity contribution in [1.82, 2.24) is 4.31 Å². The van der Waals surface area contributed by atoms with Gasteiger partial charge in [-0.3, -0.25) is 9.59 Å². The van der Waals surface area contributed by atoms with Crippen LogP contribution in [0.2, 0.25) is 0 Å². The summed E-state index contributed by atoms with van der Waals surface area (Å²) >= 11 is 0. The first kappa shape index (κ1) is 23.7. The SMILES string of the molecule is COc1ccc(S(=O)(=O)N2CCCC2C(=O)Nc2ccc(C)cc2C(=O)c2ccccc2)cc1. The third-order valence-electron chi connectivity index (χ3n) is 5.89. The Morgan fingerprint density at radius 1 is 1.00 bits per heavy atom. The number of aryl methyl sites for hydroxylation is 1. The van der Waals surface area contributed by atoms with Crippen LogP contribution in [0.1, 0.15) is 34.3 Å². The van der Waals surface area contributed by atoms with E-state index in [2.05, 4.69) is 5.32 Å². The number of hydrogen-bond donors (Lipinski definition) is 1. The Morgan fingerprint density at radius 3 is 2.38 bits per heavy atom. The maximum atomic E-state index is 13.3. The average Bonchev–Trinajstić information content (AvgIpc) is 3.36. The molecule has 8 heteroatoms. The van der Waals surface area contributed by atoms with Crippen molar-refractivity contribution in [1.29, 1.82) is 0 Å². The van der Waals surface area contributed by atoms with Gasteiger partial charge in [0.15, 0.2) is 5.78 Å². The number of rotatable bonds is 7. The minimum absolute atomic E-state index is 0.100. The summed E-state index contributed by atoms with van der Waals surface area (Å²) in [6.45, 7) is 2.11. The molecule has 1 saturated heterocycles. The molecule has 176 valence electrons. The van der Waals surface area contributed by atoms with Crippen LogP contribution >= 0.6 is 0 Å². The van der Waals surface area contributed by atoms with E-state index in [1.807, 2.05) is 13.0 Å². The molecule has 0 aromatic heterocycles. The lowest BCUT2D eigenvalue weighted by molar-refractivity contribution is -0.119. The highest BCUT2D eigenvalue weighted by molar-refractivity contribution is 7.89. The minimum atomic E-state index is -3.88. The summed E-state index contributed by atoms with van der Waals surface area (Å²) in [7, 11) is -2.37. The summed E-state index contributed by atoms with van der Waals surface area (Å²) in [6.07, 6.45) is 0.965. The fourth-order valence-electron chi connectivity index (χ4n) is 4.09. The smallest absolute Gasteiger partial charge is 0.243 e. The minimum Gasteiger partial charge on any atom is -0.497 e. The van der Waals surface area contributed by atoms with Crippen molar-refractivity contribution in [3.8, 4) is 5.75 Å². The van der Waals surface area contributed by atoms with Crippen LogP contribution in [0.5, 0.6) is 5.75 Å². The second-order valence-corrected chi connectivity index (χ2v) is 10.1. The van der Waals surface area contributed by atoms with Crippen LogP contribution < -0.4 is 10.1 Å². The fourth-order valence-corrected chi connectivity index (χ4v) is 5.75. The van der Waals surface area contributed by atoms with Crippen LogP contribution in [-0.4, -0.2) is 44.1 Å². The Balaban J connectivity index is 1.59. The molecule has 1 fully saturated rings. The van der Waals surface area contributed by atoms with Crippen molar-refractivity contribution in [2.24, 2.45) is 0 Å². The summed E-state index contributed by atoms with van der Waals surface area (Å²) in [5.41, 5.74) is 2.11. The van der Waals surface area contributed by atoms with Gasteiger partial charge >= 0.3 is 0 Å². The molecular formula is C26H26N2O5S. The van der Waals surface area contributed by atoms with Crippen molar-refractivity contribution in [3.63, 3.8) is 0 Å². The van der Waals surface area contributed by atoms with Gasteiger partial charge < -0.3 is 10.1 Å². The van der Waals surface area contributed by atoms with Crippen molar-refractivity contribution in [2.45, 2.75) is 30.7 Å². The standard InChI is InChI=1S/C26H26N2O5S/c1-18-10-15-23(22(17-18)25(29)19-7-4-3-5-8-19)27-26(30)24-9-6-16-28(24)34(31,32)21-13-11-20(33-2)12-14-21/h3-5,7-8,10-15,17,24H,6,9,16H2,1-2H3,(H,27,30). The highest BCUT2D eigenvalue weighted by Gasteiger charge is 2.39. The van der Waals surface area contributed by atoms with E-state index in [4.69, 9.17) is 4.74 Å². The second kappa shape index (κ2) is 9.79. The van der Waals surface area contributed by atoms with Gasteiger partial charge in [0.2, 0.25) is 15.9 Å². The van der Waals surface area contributed by atoms with Crippen molar-refractivity contribution in [3.05, 3.63) is 89.5 Å². The molecular weight excluding hydrogens is 452 g/mol. The number of methoxy groups -OCH3 is 1. The lowest BCUT2D eigenvalue weighted by Gasteiger charge is -2.24. The van der Waals surface area contributed by atoms with Gasteiger partial charge in [-0.15, -0.1) is 0 Å². The fraction of sp³-hybridized carbons (Fsp3) is 0.231. The maximum absolute atomic E-state index is 13.3. The number of ketones is 1. The van der Waals surface area contributed by atoms with E-state index in [0.29, 0.717) is 35.4 Å². The van der Waals surface area contributed by atoms with E-state index in [-0.39, 0.29) is 17.2 Å². The summed E-state index contributed by atoms with van der Waals surface area (Å²) in [6, 6.07) is 19.3. The van der Waals surface area contributed by atoms with E-state index in [9.17, 15) is 18.0 Å². The molecule has 3 aromatic rings. The van der Waals surface area contributed by atoms with Crippen molar-refractivity contribution in [2.75, 3.05) is 19.0 Å². The number of anilines is 1. The predicted molar refractivity (Wildman–Crippen MR) is 130 cm³/mol. The maximum Gasteiger partial charge on any atom is 0.243 e. The molecule has 1 aliphatic rings. The van der Waals surface area contributed by atoms with Gasteiger partial charge in [0, 0.05) is 17.7 Å². The second-order valence-electron chi connectivity index (χ2n) is 8.18. The summed E-state index contributed by atoms with van der Waals surface area (Å²) in [5.74, 6) is -0.126. The molecule has 1 atom stereocenters.